The second kappa shape index (κ2) is 6.70. The number of carbonyl (C=O) groups is 1. The number of nitrogens with zero attached hydrogens (tertiary/aromatic N) is 3. The van der Waals surface area contributed by atoms with E-state index in [1.165, 1.54) is 5.01 Å². The van der Waals surface area contributed by atoms with Crippen molar-refractivity contribution in [1.29, 1.82) is 0 Å². The highest BCUT2D eigenvalue weighted by Gasteiger charge is 2.49. The second-order valence-corrected chi connectivity index (χ2v) is 9.26. The first-order valence-electron chi connectivity index (χ1n) is 8.37. The molecule has 3 saturated heterocycles. The molecule has 126 valence electrons. The normalized spacial score (nSPS) is 26.8. The highest BCUT2D eigenvalue weighted by Crippen LogP contribution is 2.46. The fourth-order valence-corrected chi connectivity index (χ4v) is 6.04. The maximum absolute atomic E-state index is 12.1. The molecule has 0 aliphatic carbocycles. The monoisotopic (exact) mass is 353 g/mol. The van der Waals surface area contributed by atoms with Crippen LogP contribution in [0.4, 0.5) is 0 Å². The van der Waals surface area contributed by atoms with Crippen molar-refractivity contribution >= 4 is 29.0 Å². The summed E-state index contributed by atoms with van der Waals surface area (Å²) in [7, 11) is 0. The summed E-state index contributed by atoms with van der Waals surface area (Å²) in [5.74, 6) is 1.20. The van der Waals surface area contributed by atoms with Gasteiger partial charge in [-0.1, -0.05) is 0 Å². The van der Waals surface area contributed by atoms with Gasteiger partial charge in [0.2, 0.25) is 5.91 Å². The lowest BCUT2D eigenvalue weighted by Gasteiger charge is -2.47. The van der Waals surface area contributed by atoms with Crippen molar-refractivity contribution in [3.05, 3.63) is 16.6 Å². The van der Waals surface area contributed by atoms with Gasteiger partial charge in [-0.15, -0.1) is 23.1 Å². The molecule has 1 spiro atoms. The summed E-state index contributed by atoms with van der Waals surface area (Å²) < 4.78 is 6.27. The van der Waals surface area contributed by atoms with Gasteiger partial charge in [0.05, 0.1) is 12.6 Å². The number of thiazole rings is 1. The number of ether oxygens (including phenoxy) is 1. The highest BCUT2D eigenvalue weighted by molar-refractivity contribution is 8.01. The molecule has 0 aromatic carbocycles. The molecule has 1 aromatic heterocycles. The van der Waals surface area contributed by atoms with Gasteiger partial charge in [-0.3, -0.25) is 9.69 Å². The van der Waals surface area contributed by atoms with Crippen molar-refractivity contribution in [1.82, 2.24) is 14.8 Å². The maximum atomic E-state index is 12.1. The predicted octanol–water partition coefficient (Wildman–Crippen LogP) is 1.84. The summed E-state index contributed by atoms with van der Waals surface area (Å²) >= 11 is 3.76. The minimum atomic E-state index is 0.174. The molecule has 3 fully saturated rings. The van der Waals surface area contributed by atoms with Crippen LogP contribution in [-0.2, 0) is 16.1 Å². The van der Waals surface area contributed by atoms with Crippen molar-refractivity contribution in [2.45, 2.75) is 36.7 Å². The van der Waals surface area contributed by atoms with Crippen LogP contribution >= 0.6 is 23.1 Å². The quantitative estimate of drug-likeness (QED) is 0.808. The van der Waals surface area contributed by atoms with Gasteiger partial charge in [-0.05, 0) is 19.3 Å². The second-order valence-electron chi connectivity index (χ2n) is 6.79. The van der Waals surface area contributed by atoms with Gasteiger partial charge in [0.25, 0.3) is 0 Å². The van der Waals surface area contributed by atoms with Crippen LogP contribution in [-0.4, -0.2) is 70.1 Å². The number of carbonyl (C=O) groups excluding carboxylic acids is 1. The van der Waals surface area contributed by atoms with E-state index in [9.17, 15) is 4.79 Å². The first-order chi connectivity index (χ1) is 11.2. The number of hydrogen-bond donors (Lipinski definition) is 0. The molecule has 1 aromatic rings. The van der Waals surface area contributed by atoms with E-state index >= 15 is 0 Å². The topological polar surface area (TPSA) is 45.7 Å². The van der Waals surface area contributed by atoms with Crippen LogP contribution in [0, 0.1) is 0 Å². The van der Waals surface area contributed by atoms with Crippen molar-refractivity contribution < 1.29 is 9.53 Å². The fraction of sp³-hybridized carbons (Fsp3) is 0.750. The molecule has 5 nitrogen and oxygen atoms in total. The molecule has 0 radical (unpaired) electrons. The predicted molar refractivity (Wildman–Crippen MR) is 92.8 cm³/mol. The Hall–Kier alpha value is -0.630. The van der Waals surface area contributed by atoms with E-state index < -0.39 is 0 Å². The van der Waals surface area contributed by atoms with E-state index in [-0.39, 0.29) is 18.6 Å². The summed E-state index contributed by atoms with van der Waals surface area (Å²) in [4.78, 5) is 20.8. The molecule has 0 N–H and O–H groups in total. The van der Waals surface area contributed by atoms with Crippen molar-refractivity contribution in [3.8, 4) is 0 Å². The van der Waals surface area contributed by atoms with Gasteiger partial charge in [0.15, 0.2) is 0 Å². The van der Waals surface area contributed by atoms with Crippen molar-refractivity contribution in [2.24, 2.45) is 0 Å². The Balaban J connectivity index is 1.19. The fourth-order valence-electron chi connectivity index (χ4n) is 3.78. The molecular weight excluding hydrogens is 330 g/mol. The lowest BCUT2D eigenvalue weighted by Crippen LogP contribution is -2.58. The zero-order valence-corrected chi connectivity index (χ0v) is 14.9. The summed E-state index contributed by atoms with van der Waals surface area (Å²) in [6, 6.07) is 0. The average molecular weight is 354 g/mol. The van der Waals surface area contributed by atoms with E-state index in [0.29, 0.717) is 4.75 Å². The highest BCUT2D eigenvalue weighted by atomic mass is 32.2. The van der Waals surface area contributed by atoms with Crippen molar-refractivity contribution in [2.75, 3.05) is 38.5 Å². The summed E-state index contributed by atoms with van der Waals surface area (Å²) in [5, 5.41) is 3.24. The number of thioether (sulfide) groups is 1. The molecule has 23 heavy (non-hydrogen) atoms. The van der Waals surface area contributed by atoms with Gasteiger partial charge in [0, 0.05) is 48.3 Å². The maximum Gasteiger partial charge on any atom is 0.248 e. The van der Waals surface area contributed by atoms with Crippen LogP contribution in [0.5, 0.6) is 0 Å². The third kappa shape index (κ3) is 3.57. The molecule has 3 aliphatic rings. The molecule has 4 rings (SSSR count). The van der Waals surface area contributed by atoms with Gasteiger partial charge < -0.3 is 9.64 Å². The third-order valence-electron chi connectivity index (χ3n) is 4.94. The molecular formula is C16H23N3O2S2. The molecule has 1 amide bonds. The van der Waals surface area contributed by atoms with E-state index in [1.807, 2.05) is 28.2 Å². The number of hydrogen-bond acceptors (Lipinski definition) is 6. The summed E-state index contributed by atoms with van der Waals surface area (Å²) in [5.41, 5.74) is 0. The Morgan fingerprint density at radius 1 is 1.39 bits per heavy atom. The summed E-state index contributed by atoms with van der Waals surface area (Å²) in [6.45, 7) is 5.31. The van der Waals surface area contributed by atoms with Gasteiger partial charge in [0.1, 0.15) is 11.6 Å². The zero-order valence-electron chi connectivity index (χ0n) is 13.3. The van der Waals surface area contributed by atoms with Crippen LogP contribution < -0.4 is 0 Å². The first-order valence-corrected chi connectivity index (χ1v) is 10.2. The number of aromatic nitrogens is 1. The Labute approximate surface area is 145 Å². The van der Waals surface area contributed by atoms with Crippen LogP contribution in [0.3, 0.4) is 0 Å². The van der Waals surface area contributed by atoms with E-state index in [2.05, 4.69) is 9.88 Å². The lowest BCUT2D eigenvalue weighted by molar-refractivity contribution is -0.136. The van der Waals surface area contributed by atoms with Crippen LogP contribution in [0.1, 0.15) is 24.3 Å². The molecule has 0 bridgehead atoms. The molecule has 1 atom stereocenters. The average Bonchev–Trinajstić information content (AvgIpc) is 3.25. The standard InChI is InChI=1S/C16H23N3O2S2/c20-15(19-4-1-2-5-19)9-21-13-7-16(23-10-13)11-18(12-16)8-14-17-3-6-22-14/h3,6,13H,1-2,4-5,7-12H2. The molecule has 1 unspecified atom stereocenters. The van der Waals surface area contributed by atoms with Gasteiger partial charge in [-0.2, -0.15) is 0 Å². The Morgan fingerprint density at radius 2 is 2.22 bits per heavy atom. The molecule has 7 heteroatoms. The van der Waals surface area contributed by atoms with E-state index in [1.54, 1.807) is 11.3 Å². The van der Waals surface area contributed by atoms with Crippen LogP contribution in [0.15, 0.2) is 11.6 Å². The Bertz CT molecular complexity index is 540. The summed E-state index contributed by atoms with van der Waals surface area (Å²) in [6.07, 6.45) is 5.49. The molecule has 3 aliphatic heterocycles. The third-order valence-corrected chi connectivity index (χ3v) is 7.28. The van der Waals surface area contributed by atoms with Gasteiger partial charge in [-0.25, -0.2) is 4.98 Å². The van der Waals surface area contributed by atoms with Crippen LogP contribution in [0.25, 0.3) is 0 Å². The number of likely N-dealkylation sites (tertiary alicyclic amines) is 2. The lowest BCUT2D eigenvalue weighted by atomic mass is 9.93. The van der Waals surface area contributed by atoms with E-state index in [4.69, 9.17) is 4.74 Å². The molecule has 4 heterocycles. The first kappa shape index (κ1) is 15.9. The Morgan fingerprint density at radius 3 is 2.96 bits per heavy atom. The van der Waals surface area contributed by atoms with Crippen LogP contribution in [0.2, 0.25) is 0 Å². The zero-order chi connectivity index (χ0) is 15.7. The van der Waals surface area contributed by atoms with E-state index in [0.717, 1.165) is 57.7 Å². The number of rotatable bonds is 5. The minimum absolute atomic E-state index is 0.174. The minimum Gasteiger partial charge on any atom is -0.367 e. The van der Waals surface area contributed by atoms with Crippen molar-refractivity contribution in [3.63, 3.8) is 0 Å². The number of amides is 1. The Kier molecular flexibility index (Phi) is 4.63. The molecule has 0 saturated carbocycles. The largest absolute Gasteiger partial charge is 0.367 e. The smallest absolute Gasteiger partial charge is 0.248 e. The van der Waals surface area contributed by atoms with Gasteiger partial charge >= 0.3 is 0 Å². The SMILES string of the molecule is O=C(COC1CSC2(C1)CN(Cc1nccs1)C2)N1CCCC1.